The number of halogens is 3. The maximum Gasteiger partial charge on any atom is 0.328 e. The first-order valence-electron chi connectivity index (χ1n) is 5.79. The van der Waals surface area contributed by atoms with E-state index in [1.54, 1.807) is 12.1 Å². The first-order valence-corrected chi connectivity index (χ1v) is 6.55. The van der Waals surface area contributed by atoms with Crippen LogP contribution in [-0.2, 0) is 4.79 Å². The number of carboxylic acid groups (broad SMARTS) is 1. The monoisotopic (exact) mass is 326 g/mol. The van der Waals surface area contributed by atoms with E-state index in [4.69, 9.17) is 33.0 Å². The van der Waals surface area contributed by atoms with Crippen molar-refractivity contribution in [1.29, 1.82) is 0 Å². The minimum Gasteiger partial charge on any atom is -0.478 e. The molecule has 0 saturated heterocycles. The van der Waals surface area contributed by atoms with Crippen molar-refractivity contribution in [2.45, 2.75) is 0 Å². The van der Waals surface area contributed by atoms with E-state index < -0.39 is 11.8 Å². The van der Waals surface area contributed by atoms with Crippen LogP contribution in [0.2, 0.25) is 10.0 Å². The van der Waals surface area contributed by atoms with E-state index in [1.807, 2.05) is 0 Å². The lowest BCUT2D eigenvalue weighted by Crippen LogP contribution is -1.88. The Hall–Kier alpha value is -2.04. The molecule has 2 aromatic rings. The molecule has 0 atom stereocenters. The Morgan fingerprint density at radius 1 is 1.10 bits per heavy atom. The molecule has 0 aromatic heterocycles. The lowest BCUT2D eigenvalue weighted by atomic mass is 10.2. The van der Waals surface area contributed by atoms with Gasteiger partial charge in [0.2, 0.25) is 0 Å². The fraction of sp³-hybridized carbons (Fsp3) is 0. The predicted octanol–water partition coefficient (Wildman–Crippen LogP) is 5.02. The number of carboxylic acids is 1. The first-order chi connectivity index (χ1) is 9.95. The molecule has 0 bridgehead atoms. The molecule has 0 heterocycles. The number of hydrogen-bond donors (Lipinski definition) is 1. The van der Waals surface area contributed by atoms with E-state index in [2.05, 4.69) is 0 Å². The Morgan fingerprint density at radius 3 is 2.29 bits per heavy atom. The van der Waals surface area contributed by atoms with Crippen LogP contribution in [0, 0.1) is 5.82 Å². The average Bonchev–Trinajstić information content (AvgIpc) is 2.42. The Balaban J connectivity index is 2.20. The van der Waals surface area contributed by atoms with Crippen molar-refractivity contribution in [2.75, 3.05) is 0 Å². The molecule has 3 nitrogen and oxygen atoms in total. The maximum absolute atomic E-state index is 13.0. The topological polar surface area (TPSA) is 46.5 Å². The summed E-state index contributed by atoms with van der Waals surface area (Å²) >= 11 is 11.7. The molecule has 21 heavy (non-hydrogen) atoms. The molecular formula is C15H9Cl2FO3. The quantitative estimate of drug-likeness (QED) is 0.802. The van der Waals surface area contributed by atoms with Gasteiger partial charge in [-0.1, -0.05) is 23.2 Å². The van der Waals surface area contributed by atoms with Crippen molar-refractivity contribution in [3.63, 3.8) is 0 Å². The Morgan fingerprint density at radius 2 is 1.71 bits per heavy atom. The van der Waals surface area contributed by atoms with Crippen LogP contribution in [0.1, 0.15) is 5.56 Å². The third kappa shape index (κ3) is 4.21. The molecule has 0 aliphatic rings. The van der Waals surface area contributed by atoms with Crippen molar-refractivity contribution in [1.82, 2.24) is 0 Å². The molecule has 0 aliphatic carbocycles. The maximum atomic E-state index is 13.0. The van der Waals surface area contributed by atoms with Crippen molar-refractivity contribution in [3.05, 3.63) is 63.9 Å². The summed E-state index contributed by atoms with van der Waals surface area (Å²) in [5.74, 6) is -0.801. The van der Waals surface area contributed by atoms with Gasteiger partial charge in [0.15, 0.2) is 0 Å². The summed E-state index contributed by atoms with van der Waals surface area (Å²) in [5.41, 5.74) is 0.545. The Kier molecular flexibility index (Phi) is 4.83. The zero-order valence-corrected chi connectivity index (χ0v) is 12.0. The highest BCUT2D eigenvalue weighted by Gasteiger charge is 2.05. The molecular weight excluding hydrogens is 318 g/mol. The lowest BCUT2D eigenvalue weighted by molar-refractivity contribution is -0.131. The molecule has 0 unspecified atom stereocenters. The standard InChI is InChI=1S/C15H9Cl2FO3/c16-12-7-10(3-1-9(12)2-6-15(19)20)21-11-4-5-14(18)13(17)8-11/h1-8H,(H,19,20)/b6-2+. The summed E-state index contributed by atoms with van der Waals surface area (Å²) in [6.45, 7) is 0. The smallest absolute Gasteiger partial charge is 0.328 e. The molecule has 2 aromatic carbocycles. The fourth-order valence-corrected chi connectivity index (χ4v) is 1.95. The van der Waals surface area contributed by atoms with Gasteiger partial charge in [0.05, 0.1) is 10.0 Å². The highest BCUT2D eigenvalue weighted by atomic mass is 35.5. The van der Waals surface area contributed by atoms with Crippen LogP contribution in [0.15, 0.2) is 42.5 Å². The molecule has 0 radical (unpaired) electrons. The number of aliphatic carboxylic acids is 1. The third-order valence-corrected chi connectivity index (χ3v) is 3.12. The summed E-state index contributed by atoms with van der Waals surface area (Å²) in [6.07, 6.45) is 2.37. The second-order valence-electron chi connectivity index (χ2n) is 4.03. The number of benzene rings is 2. The van der Waals surface area contributed by atoms with Gasteiger partial charge >= 0.3 is 5.97 Å². The highest BCUT2D eigenvalue weighted by molar-refractivity contribution is 6.32. The fourth-order valence-electron chi connectivity index (χ4n) is 1.54. The largest absolute Gasteiger partial charge is 0.478 e. The van der Waals surface area contributed by atoms with Crippen LogP contribution >= 0.6 is 23.2 Å². The second-order valence-corrected chi connectivity index (χ2v) is 4.85. The van der Waals surface area contributed by atoms with Gasteiger partial charge in [-0.3, -0.25) is 0 Å². The second kappa shape index (κ2) is 6.61. The highest BCUT2D eigenvalue weighted by Crippen LogP contribution is 2.29. The van der Waals surface area contributed by atoms with Crippen LogP contribution in [0.3, 0.4) is 0 Å². The lowest BCUT2D eigenvalue weighted by Gasteiger charge is -2.08. The molecule has 108 valence electrons. The molecule has 0 amide bonds. The van der Waals surface area contributed by atoms with E-state index in [-0.39, 0.29) is 5.02 Å². The van der Waals surface area contributed by atoms with E-state index in [0.717, 1.165) is 6.08 Å². The number of rotatable bonds is 4. The molecule has 0 fully saturated rings. The van der Waals surface area contributed by atoms with Crippen LogP contribution in [0.5, 0.6) is 11.5 Å². The van der Waals surface area contributed by atoms with Crippen molar-refractivity contribution >= 4 is 35.2 Å². The third-order valence-electron chi connectivity index (χ3n) is 2.50. The summed E-state index contributed by atoms with van der Waals surface area (Å²) in [4.78, 5) is 10.5. The van der Waals surface area contributed by atoms with Gasteiger partial charge in [0.1, 0.15) is 17.3 Å². The first kappa shape index (κ1) is 15.4. The number of hydrogen-bond acceptors (Lipinski definition) is 2. The zero-order valence-electron chi connectivity index (χ0n) is 10.5. The van der Waals surface area contributed by atoms with Crippen LogP contribution in [0.25, 0.3) is 6.08 Å². The van der Waals surface area contributed by atoms with Crippen molar-refractivity contribution in [2.24, 2.45) is 0 Å². The van der Waals surface area contributed by atoms with Crippen LogP contribution in [0.4, 0.5) is 4.39 Å². The van der Waals surface area contributed by atoms with Gasteiger partial charge < -0.3 is 9.84 Å². The van der Waals surface area contributed by atoms with Gasteiger partial charge in [0, 0.05) is 12.1 Å². The normalized spacial score (nSPS) is 10.8. The molecule has 0 spiro atoms. The summed E-state index contributed by atoms with van der Waals surface area (Å²) in [6, 6.07) is 8.74. The minimum atomic E-state index is -1.06. The minimum absolute atomic E-state index is 0.0420. The van der Waals surface area contributed by atoms with E-state index in [0.29, 0.717) is 22.1 Å². The average molecular weight is 327 g/mol. The summed E-state index contributed by atoms with van der Waals surface area (Å²) in [7, 11) is 0. The Labute approximate surface area is 130 Å². The Bertz CT molecular complexity index is 714. The van der Waals surface area contributed by atoms with Crippen molar-refractivity contribution < 1.29 is 19.0 Å². The molecule has 2 rings (SSSR count). The van der Waals surface area contributed by atoms with Crippen LogP contribution in [-0.4, -0.2) is 11.1 Å². The van der Waals surface area contributed by atoms with E-state index in [1.165, 1.54) is 30.3 Å². The molecule has 6 heteroatoms. The summed E-state index contributed by atoms with van der Waals surface area (Å²) in [5, 5.41) is 8.86. The number of carbonyl (C=O) groups is 1. The van der Waals surface area contributed by atoms with Gasteiger partial charge in [-0.15, -0.1) is 0 Å². The van der Waals surface area contributed by atoms with Gasteiger partial charge in [-0.05, 0) is 42.0 Å². The number of ether oxygens (including phenoxy) is 1. The van der Waals surface area contributed by atoms with Crippen LogP contribution < -0.4 is 4.74 Å². The summed E-state index contributed by atoms with van der Waals surface area (Å²) < 4.78 is 18.5. The van der Waals surface area contributed by atoms with Crippen molar-refractivity contribution in [3.8, 4) is 11.5 Å². The van der Waals surface area contributed by atoms with Gasteiger partial charge in [-0.25, -0.2) is 9.18 Å². The van der Waals surface area contributed by atoms with Gasteiger partial charge in [-0.2, -0.15) is 0 Å². The van der Waals surface area contributed by atoms with E-state index >= 15 is 0 Å². The zero-order chi connectivity index (χ0) is 15.4. The SMILES string of the molecule is O=C(O)/C=C/c1ccc(Oc2ccc(F)c(Cl)c2)cc1Cl. The van der Waals surface area contributed by atoms with Gasteiger partial charge in [0.25, 0.3) is 0 Å². The molecule has 1 N–H and O–H groups in total. The molecule has 0 aliphatic heterocycles. The predicted molar refractivity (Wildman–Crippen MR) is 79.6 cm³/mol. The van der Waals surface area contributed by atoms with E-state index in [9.17, 15) is 9.18 Å². The molecule has 0 saturated carbocycles.